The number of amides is 3. The predicted octanol–water partition coefficient (Wildman–Crippen LogP) is 1.82. The fraction of sp³-hybridized carbons (Fsp3) is 0.571. The lowest BCUT2D eigenvalue weighted by Crippen LogP contribution is -2.52. The number of rotatable bonds is 6. The van der Waals surface area contributed by atoms with Gasteiger partial charge in [-0.15, -0.1) is 0 Å². The van der Waals surface area contributed by atoms with Gasteiger partial charge in [-0.05, 0) is 44.9 Å². The third-order valence-electron chi connectivity index (χ3n) is 4.53. The lowest BCUT2D eigenvalue weighted by Gasteiger charge is -2.35. The van der Waals surface area contributed by atoms with Gasteiger partial charge in [-0.1, -0.05) is 12.1 Å². The second-order valence-corrected chi connectivity index (χ2v) is 7.97. The number of aryl methyl sites for hydroxylation is 1. The summed E-state index contributed by atoms with van der Waals surface area (Å²) in [6.45, 7) is 7.08. The molecular formula is C21H31N3O5. The predicted molar refractivity (Wildman–Crippen MR) is 109 cm³/mol. The molecule has 8 heteroatoms. The molecule has 3 amide bonds. The van der Waals surface area contributed by atoms with Gasteiger partial charge >= 0.3 is 6.09 Å². The molecule has 0 saturated carbocycles. The number of carbonyl (C=O) groups is 3. The average molecular weight is 405 g/mol. The number of hydrogen-bond donors (Lipinski definition) is 1. The fourth-order valence-corrected chi connectivity index (χ4v) is 3.02. The Morgan fingerprint density at radius 2 is 1.66 bits per heavy atom. The molecule has 1 saturated heterocycles. The van der Waals surface area contributed by atoms with E-state index in [1.54, 1.807) is 37.7 Å². The first-order valence-electron chi connectivity index (χ1n) is 9.83. The third-order valence-corrected chi connectivity index (χ3v) is 4.53. The normalized spacial score (nSPS) is 14.3. The average Bonchev–Trinajstić information content (AvgIpc) is 2.69. The number of piperazine rings is 1. The largest absolute Gasteiger partial charge is 0.497 e. The molecule has 0 atom stereocenters. The highest BCUT2D eigenvalue weighted by atomic mass is 16.6. The summed E-state index contributed by atoms with van der Waals surface area (Å²) in [4.78, 5) is 39.8. The van der Waals surface area contributed by atoms with Crippen LogP contribution in [-0.4, -0.2) is 73.1 Å². The lowest BCUT2D eigenvalue weighted by atomic mass is 10.1. The Morgan fingerprint density at radius 1 is 1.03 bits per heavy atom. The molecule has 1 aromatic carbocycles. The van der Waals surface area contributed by atoms with E-state index in [0.717, 1.165) is 11.3 Å². The lowest BCUT2D eigenvalue weighted by molar-refractivity contribution is -0.139. The molecule has 0 aromatic heterocycles. The van der Waals surface area contributed by atoms with Gasteiger partial charge in [0.1, 0.15) is 17.9 Å². The van der Waals surface area contributed by atoms with Crippen LogP contribution in [0.5, 0.6) is 5.75 Å². The highest BCUT2D eigenvalue weighted by molar-refractivity contribution is 5.83. The molecule has 0 radical (unpaired) electrons. The van der Waals surface area contributed by atoms with Gasteiger partial charge in [0.15, 0.2) is 0 Å². The molecule has 0 bridgehead atoms. The quantitative estimate of drug-likeness (QED) is 0.780. The molecule has 1 aromatic rings. The number of ether oxygens (including phenoxy) is 2. The van der Waals surface area contributed by atoms with E-state index in [0.29, 0.717) is 39.0 Å². The molecule has 1 aliphatic heterocycles. The molecule has 0 unspecified atom stereocenters. The number of carbonyl (C=O) groups excluding carboxylic acids is 3. The molecule has 2 rings (SSSR count). The van der Waals surface area contributed by atoms with Crippen LogP contribution in [0.3, 0.4) is 0 Å². The molecule has 8 nitrogen and oxygen atoms in total. The molecule has 29 heavy (non-hydrogen) atoms. The van der Waals surface area contributed by atoms with E-state index in [4.69, 9.17) is 9.47 Å². The maximum Gasteiger partial charge on any atom is 0.408 e. The van der Waals surface area contributed by atoms with Crippen LogP contribution in [0.15, 0.2) is 24.3 Å². The van der Waals surface area contributed by atoms with Gasteiger partial charge in [0.2, 0.25) is 11.8 Å². The van der Waals surface area contributed by atoms with Gasteiger partial charge in [0.05, 0.1) is 7.11 Å². The Balaban J connectivity index is 1.71. The van der Waals surface area contributed by atoms with Gasteiger partial charge < -0.3 is 24.6 Å². The first kappa shape index (κ1) is 22.5. The van der Waals surface area contributed by atoms with Crippen molar-refractivity contribution in [1.82, 2.24) is 15.1 Å². The summed E-state index contributed by atoms with van der Waals surface area (Å²) in [5.41, 5.74) is 0.448. The highest BCUT2D eigenvalue weighted by Crippen LogP contribution is 2.15. The minimum atomic E-state index is -0.614. The van der Waals surface area contributed by atoms with Crippen LogP contribution in [0.1, 0.15) is 32.8 Å². The third kappa shape index (κ3) is 7.63. The van der Waals surface area contributed by atoms with Crippen LogP contribution in [0.25, 0.3) is 0 Å². The molecular weight excluding hydrogens is 374 g/mol. The molecule has 0 spiro atoms. The number of hydrogen-bond acceptors (Lipinski definition) is 5. The Kier molecular flexibility index (Phi) is 7.87. The van der Waals surface area contributed by atoms with E-state index in [1.165, 1.54) is 0 Å². The van der Waals surface area contributed by atoms with Crippen molar-refractivity contribution in [2.45, 2.75) is 39.2 Å². The van der Waals surface area contributed by atoms with Gasteiger partial charge in [0.25, 0.3) is 0 Å². The van der Waals surface area contributed by atoms with Crippen molar-refractivity contribution in [1.29, 1.82) is 0 Å². The molecule has 1 aliphatic rings. The van der Waals surface area contributed by atoms with Crippen molar-refractivity contribution >= 4 is 17.9 Å². The van der Waals surface area contributed by atoms with Crippen LogP contribution < -0.4 is 10.1 Å². The zero-order chi connectivity index (χ0) is 21.4. The first-order chi connectivity index (χ1) is 13.7. The fourth-order valence-electron chi connectivity index (χ4n) is 3.02. The SMILES string of the molecule is COc1cccc(CCC(=O)N2CCN(C(=O)CNC(=O)OC(C)(C)C)CC2)c1. The number of nitrogens with zero attached hydrogens (tertiary/aromatic N) is 2. The summed E-state index contributed by atoms with van der Waals surface area (Å²) in [6.07, 6.45) is 0.452. The molecule has 0 aliphatic carbocycles. The van der Waals surface area contributed by atoms with E-state index in [2.05, 4.69) is 5.32 Å². The Hall–Kier alpha value is -2.77. The van der Waals surface area contributed by atoms with Gasteiger partial charge in [-0.2, -0.15) is 0 Å². The van der Waals surface area contributed by atoms with Crippen LogP contribution >= 0.6 is 0 Å². The number of alkyl carbamates (subject to hydrolysis) is 1. The van der Waals surface area contributed by atoms with Crippen LogP contribution in [0.4, 0.5) is 4.79 Å². The zero-order valence-corrected chi connectivity index (χ0v) is 17.7. The van der Waals surface area contributed by atoms with E-state index < -0.39 is 11.7 Å². The van der Waals surface area contributed by atoms with Crippen molar-refractivity contribution in [3.63, 3.8) is 0 Å². The van der Waals surface area contributed by atoms with E-state index >= 15 is 0 Å². The summed E-state index contributed by atoms with van der Waals surface area (Å²) in [5, 5.41) is 2.47. The summed E-state index contributed by atoms with van der Waals surface area (Å²) < 4.78 is 10.3. The summed E-state index contributed by atoms with van der Waals surface area (Å²) in [7, 11) is 1.62. The maximum atomic E-state index is 12.5. The molecule has 1 heterocycles. The van der Waals surface area contributed by atoms with Gasteiger partial charge in [-0.3, -0.25) is 9.59 Å². The van der Waals surface area contributed by atoms with E-state index in [-0.39, 0.29) is 18.4 Å². The van der Waals surface area contributed by atoms with E-state index in [1.807, 2.05) is 24.3 Å². The molecule has 1 fully saturated rings. The topological polar surface area (TPSA) is 88.2 Å². The summed E-state index contributed by atoms with van der Waals surface area (Å²) in [6, 6.07) is 7.69. The van der Waals surface area contributed by atoms with Crippen molar-refractivity contribution in [3.8, 4) is 5.75 Å². The maximum absolute atomic E-state index is 12.5. The Labute approximate surface area is 172 Å². The Bertz CT molecular complexity index is 721. The standard InChI is InChI=1S/C21H31N3O5/c1-21(2,3)29-20(27)22-15-19(26)24-12-10-23(11-13-24)18(25)9-8-16-6-5-7-17(14-16)28-4/h5-7,14H,8-13,15H2,1-4H3,(H,22,27). The molecule has 1 N–H and O–H groups in total. The van der Waals surface area contributed by atoms with E-state index in [9.17, 15) is 14.4 Å². The van der Waals surface area contributed by atoms with Crippen molar-refractivity contribution in [3.05, 3.63) is 29.8 Å². The van der Waals surface area contributed by atoms with Crippen molar-refractivity contribution in [2.24, 2.45) is 0 Å². The van der Waals surface area contributed by atoms with Crippen LogP contribution in [0, 0.1) is 0 Å². The van der Waals surface area contributed by atoms with Crippen LogP contribution in [-0.2, 0) is 20.7 Å². The molecule has 160 valence electrons. The van der Waals surface area contributed by atoms with Crippen molar-refractivity contribution < 1.29 is 23.9 Å². The zero-order valence-electron chi connectivity index (χ0n) is 17.7. The second-order valence-electron chi connectivity index (χ2n) is 7.97. The Morgan fingerprint density at radius 3 is 2.24 bits per heavy atom. The summed E-state index contributed by atoms with van der Waals surface area (Å²) in [5.74, 6) is 0.674. The summed E-state index contributed by atoms with van der Waals surface area (Å²) >= 11 is 0. The smallest absolute Gasteiger partial charge is 0.408 e. The number of methoxy groups -OCH3 is 1. The number of benzene rings is 1. The van der Waals surface area contributed by atoms with Gasteiger partial charge in [0, 0.05) is 32.6 Å². The minimum absolute atomic E-state index is 0.0757. The first-order valence-corrected chi connectivity index (χ1v) is 9.83. The van der Waals surface area contributed by atoms with Gasteiger partial charge in [-0.25, -0.2) is 4.79 Å². The minimum Gasteiger partial charge on any atom is -0.497 e. The second kappa shape index (κ2) is 10.1. The number of nitrogens with one attached hydrogen (secondary N) is 1. The highest BCUT2D eigenvalue weighted by Gasteiger charge is 2.24. The van der Waals surface area contributed by atoms with Crippen LogP contribution in [0.2, 0.25) is 0 Å². The van der Waals surface area contributed by atoms with Crippen molar-refractivity contribution in [2.75, 3.05) is 39.8 Å². The monoisotopic (exact) mass is 405 g/mol.